The Morgan fingerprint density at radius 2 is 1.89 bits per heavy atom. The van der Waals surface area contributed by atoms with Gasteiger partial charge in [0.25, 0.3) is 5.69 Å². The number of nitrogens with zero attached hydrogens (tertiary/aromatic N) is 3. The maximum atomic E-state index is 12.4. The van der Waals surface area contributed by atoms with Gasteiger partial charge in [0.05, 0.1) is 17.5 Å². The topological polar surface area (TPSA) is 116 Å². The third-order valence-electron chi connectivity index (χ3n) is 4.78. The number of carboxylic acids is 1. The summed E-state index contributed by atoms with van der Waals surface area (Å²) >= 11 is 0. The van der Waals surface area contributed by atoms with E-state index in [4.69, 9.17) is 5.11 Å². The quantitative estimate of drug-likeness (QED) is 0.529. The number of hydrogen-bond donors (Lipinski definition) is 2. The number of benzene rings is 1. The highest BCUT2D eigenvalue weighted by Gasteiger charge is 2.28. The Hall–Kier alpha value is -2.23. The molecule has 27 heavy (non-hydrogen) atoms. The molecule has 1 heterocycles. The number of rotatable bonds is 7. The average molecular weight is 401 g/mol. The molecule has 9 nitrogen and oxygen atoms in total. The van der Waals surface area contributed by atoms with Gasteiger partial charge in [-0.3, -0.25) is 29.5 Å². The Bertz CT molecular complexity index is 662. The van der Waals surface area contributed by atoms with Crippen LogP contribution in [0, 0.1) is 10.1 Å². The first-order valence-electron chi connectivity index (χ1n) is 8.49. The maximum absolute atomic E-state index is 12.4. The molecule has 1 aromatic carbocycles. The molecule has 0 radical (unpaired) electrons. The van der Waals surface area contributed by atoms with Crippen LogP contribution in [0.1, 0.15) is 19.8 Å². The van der Waals surface area contributed by atoms with Crippen molar-refractivity contribution in [1.82, 2.24) is 9.80 Å². The van der Waals surface area contributed by atoms with E-state index in [0.29, 0.717) is 18.8 Å². The predicted octanol–water partition coefficient (Wildman–Crippen LogP) is 1.82. The van der Waals surface area contributed by atoms with Crippen LogP contribution in [0.3, 0.4) is 0 Å². The minimum Gasteiger partial charge on any atom is -0.480 e. The van der Waals surface area contributed by atoms with Crippen LogP contribution < -0.4 is 5.32 Å². The van der Waals surface area contributed by atoms with Crippen molar-refractivity contribution in [2.45, 2.75) is 31.8 Å². The van der Waals surface area contributed by atoms with E-state index in [0.717, 1.165) is 12.8 Å². The summed E-state index contributed by atoms with van der Waals surface area (Å²) < 4.78 is 0. The number of nitro groups is 1. The standard InChI is InChI=1S/C17H24N4O5.ClH/c1-12(17(24)18-13-3-5-15(6-4-13)21(25)26)20-9-7-14(8-10-20)19(2)11-16(22)23;/h3-6,12,14H,7-11H2,1-2H3,(H,18,24)(H,22,23);1H. The number of likely N-dealkylation sites (N-methyl/N-ethyl adjacent to an activating group) is 1. The molecule has 1 aliphatic rings. The van der Waals surface area contributed by atoms with Crippen LogP contribution in [0.5, 0.6) is 0 Å². The minimum absolute atomic E-state index is 0. The monoisotopic (exact) mass is 400 g/mol. The van der Waals surface area contributed by atoms with E-state index in [-0.39, 0.29) is 42.6 Å². The molecule has 1 saturated heterocycles. The number of piperidine rings is 1. The summed E-state index contributed by atoms with van der Waals surface area (Å²) in [5.41, 5.74) is 0.493. The summed E-state index contributed by atoms with van der Waals surface area (Å²) in [4.78, 5) is 37.3. The van der Waals surface area contributed by atoms with Gasteiger partial charge in [-0.15, -0.1) is 12.4 Å². The lowest BCUT2D eigenvalue weighted by molar-refractivity contribution is -0.384. The SMILES string of the molecule is CC(C(=O)Nc1ccc([N+](=O)[O-])cc1)N1CCC(N(C)CC(=O)O)CC1.Cl. The van der Waals surface area contributed by atoms with E-state index in [2.05, 4.69) is 10.2 Å². The zero-order valence-electron chi connectivity index (χ0n) is 15.3. The molecule has 1 aliphatic heterocycles. The number of hydrogen-bond acceptors (Lipinski definition) is 6. The number of aliphatic carboxylic acids is 1. The highest BCUT2D eigenvalue weighted by molar-refractivity contribution is 5.94. The van der Waals surface area contributed by atoms with Gasteiger partial charge >= 0.3 is 5.97 Å². The summed E-state index contributed by atoms with van der Waals surface area (Å²) in [7, 11) is 1.80. The highest BCUT2D eigenvalue weighted by atomic mass is 35.5. The van der Waals surface area contributed by atoms with Crippen molar-refractivity contribution in [1.29, 1.82) is 0 Å². The molecule has 2 rings (SSSR count). The fourth-order valence-corrected chi connectivity index (χ4v) is 3.14. The van der Waals surface area contributed by atoms with Crippen LogP contribution in [0.2, 0.25) is 0 Å². The van der Waals surface area contributed by atoms with Gasteiger partial charge < -0.3 is 10.4 Å². The Kier molecular flexibility index (Phi) is 8.61. The van der Waals surface area contributed by atoms with Crippen LogP contribution in [0.25, 0.3) is 0 Å². The number of amides is 1. The fourth-order valence-electron chi connectivity index (χ4n) is 3.14. The summed E-state index contributed by atoms with van der Waals surface area (Å²) in [6.07, 6.45) is 1.61. The molecule has 10 heteroatoms. The van der Waals surface area contributed by atoms with Crippen molar-refractivity contribution in [3.05, 3.63) is 34.4 Å². The van der Waals surface area contributed by atoms with Crippen LogP contribution >= 0.6 is 12.4 Å². The summed E-state index contributed by atoms with van der Waals surface area (Å²) in [6.45, 7) is 3.26. The summed E-state index contributed by atoms with van der Waals surface area (Å²) in [5.74, 6) is -1.01. The molecule has 1 amide bonds. The molecule has 0 aromatic heterocycles. The van der Waals surface area contributed by atoms with E-state index < -0.39 is 10.9 Å². The zero-order valence-corrected chi connectivity index (χ0v) is 16.1. The molecular formula is C17H25ClN4O5. The number of non-ortho nitro benzene ring substituents is 1. The van der Waals surface area contributed by atoms with Crippen LogP contribution in [-0.4, -0.2) is 70.5 Å². The van der Waals surface area contributed by atoms with Crippen molar-refractivity contribution >= 4 is 35.7 Å². The van der Waals surface area contributed by atoms with E-state index in [9.17, 15) is 19.7 Å². The van der Waals surface area contributed by atoms with E-state index >= 15 is 0 Å². The third kappa shape index (κ3) is 6.46. The van der Waals surface area contributed by atoms with Crippen molar-refractivity contribution in [2.75, 3.05) is 32.0 Å². The van der Waals surface area contributed by atoms with Gasteiger partial charge in [0, 0.05) is 37.0 Å². The molecule has 0 saturated carbocycles. The Labute approximate surface area is 163 Å². The second-order valence-electron chi connectivity index (χ2n) is 6.55. The first kappa shape index (κ1) is 22.8. The molecule has 0 aliphatic carbocycles. The molecule has 1 unspecified atom stereocenters. The van der Waals surface area contributed by atoms with Gasteiger partial charge in [-0.2, -0.15) is 0 Å². The lowest BCUT2D eigenvalue weighted by Crippen LogP contribution is -2.50. The van der Waals surface area contributed by atoms with Crippen molar-refractivity contribution in [3.8, 4) is 0 Å². The fraction of sp³-hybridized carbons (Fsp3) is 0.529. The van der Waals surface area contributed by atoms with Crippen molar-refractivity contribution in [2.24, 2.45) is 0 Å². The number of anilines is 1. The first-order chi connectivity index (χ1) is 12.3. The molecular weight excluding hydrogens is 376 g/mol. The van der Waals surface area contributed by atoms with Gasteiger partial charge in [0.15, 0.2) is 0 Å². The van der Waals surface area contributed by atoms with Crippen LogP contribution in [0.15, 0.2) is 24.3 Å². The van der Waals surface area contributed by atoms with Crippen molar-refractivity contribution < 1.29 is 19.6 Å². The smallest absolute Gasteiger partial charge is 0.317 e. The Balaban J connectivity index is 0.00000364. The number of carbonyl (C=O) groups excluding carboxylic acids is 1. The normalized spacial score (nSPS) is 16.4. The minimum atomic E-state index is -0.842. The molecule has 2 N–H and O–H groups in total. The summed E-state index contributed by atoms with van der Waals surface area (Å²) in [5, 5.41) is 22.3. The predicted molar refractivity (Wildman–Crippen MR) is 103 cm³/mol. The molecule has 150 valence electrons. The van der Waals surface area contributed by atoms with E-state index in [1.54, 1.807) is 7.05 Å². The lowest BCUT2D eigenvalue weighted by Gasteiger charge is -2.38. The number of nitro benzene ring substituents is 1. The van der Waals surface area contributed by atoms with Gasteiger partial charge in [-0.1, -0.05) is 0 Å². The zero-order chi connectivity index (χ0) is 19.3. The van der Waals surface area contributed by atoms with Crippen LogP contribution in [-0.2, 0) is 9.59 Å². The second-order valence-corrected chi connectivity index (χ2v) is 6.55. The molecule has 1 fully saturated rings. The number of carboxylic acid groups (broad SMARTS) is 1. The molecule has 0 bridgehead atoms. The van der Waals surface area contributed by atoms with Crippen molar-refractivity contribution in [3.63, 3.8) is 0 Å². The van der Waals surface area contributed by atoms with E-state index in [1.807, 2.05) is 11.8 Å². The van der Waals surface area contributed by atoms with Gasteiger partial charge in [-0.05, 0) is 38.9 Å². The lowest BCUT2D eigenvalue weighted by atomic mass is 10.0. The van der Waals surface area contributed by atoms with Crippen LogP contribution in [0.4, 0.5) is 11.4 Å². The number of halogens is 1. The Morgan fingerprint density at radius 1 is 1.33 bits per heavy atom. The van der Waals surface area contributed by atoms with Gasteiger partial charge in [0.2, 0.25) is 5.91 Å². The summed E-state index contributed by atoms with van der Waals surface area (Å²) in [6, 6.07) is 5.59. The second kappa shape index (κ2) is 10.2. The number of likely N-dealkylation sites (tertiary alicyclic amines) is 1. The van der Waals surface area contributed by atoms with E-state index in [1.165, 1.54) is 24.3 Å². The Morgan fingerprint density at radius 3 is 2.37 bits per heavy atom. The maximum Gasteiger partial charge on any atom is 0.317 e. The van der Waals surface area contributed by atoms with Gasteiger partial charge in [-0.25, -0.2) is 0 Å². The average Bonchev–Trinajstić information content (AvgIpc) is 2.61. The number of carbonyl (C=O) groups is 2. The largest absolute Gasteiger partial charge is 0.480 e. The van der Waals surface area contributed by atoms with Gasteiger partial charge in [0.1, 0.15) is 0 Å². The first-order valence-corrected chi connectivity index (χ1v) is 8.49. The molecule has 0 spiro atoms. The molecule has 1 aromatic rings. The number of nitrogens with one attached hydrogen (secondary N) is 1. The molecule has 1 atom stereocenters. The highest BCUT2D eigenvalue weighted by Crippen LogP contribution is 2.19. The third-order valence-corrected chi connectivity index (χ3v) is 4.78.